The summed E-state index contributed by atoms with van der Waals surface area (Å²) in [6, 6.07) is 8.10. The minimum absolute atomic E-state index is 0.255. The molecule has 15 heavy (non-hydrogen) atoms. The van der Waals surface area contributed by atoms with Crippen LogP contribution in [0.15, 0.2) is 24.3 Å². The van der Waals surface area contributed by atoms with E-state index in [0.29, 0.717) is 19.3 Å². The fourth-order valence-electron chi connectivity index (χ4n) is 1.47. The van der Waals surface area contributed by atoms with E-state index in [1.165, 1.54) is 5.56 Å². The molecule has 0 aromatic heterocycles. The molecule has 0 N–H and O–H groups in total. The molecule has 3 heteroatoms. The van der Waals surface area contributed by atoms with Gasteiger partial charge in [-0.15, -0.1) is 0 Å². The summed E-state index contributed by atoms with van der Waals surface area (Å²) in [5.74, 6) is 1.38. The largest absolute Gasteiger partial charge is 0.462 e. The lowest BCUT2D eigenvalue weighted by Crippen LogP contribution is -2.17. The van der Waals surface area contributed by atoms with E-state index in [9.17, 15) is 0 Å². The lowest BCUT2D eigenvalue weighted by atomic mass is 10.0. The number of ether oxygens (including phenoxy) is 3. The third-order valence-electron chi connectivity index (χ3n) is 2.41. The molecule has 0 amide bonds. The lowest BCUT2D eigenvalue weighted by Gasteiger charge is -2.12. The van der Waals surface area contributed by atoms with Gasteiger partial charge in [-0.05, 0) is 23.6 Å². The van der Waals surface area contributed by atoms with Crippen molar-refractivity contribution in [2.24, 2.45) is 0 Å². The van der Waals surface area contributed by atoms with Crippen molar-refractivity contribution in [1.29, 1.82) is 0 Å². The molecule has 1 aromatic rings. The molecule has 1 aliphatic heterocycles. The Morgan fingerprint density at radius 2 is 2.00 bits per heavy atom. The van der Waals surface area contributed by atoms with E-state index in [2.05, 4.69) is 26.0 Å². The maximum atomic E-state index is 5.56. The molecule has 82 valence electrons. The monoisotopic (exact) mass is 208 g/mol. The van der Waals surface area contributed by atoms with Gasteiger partial charge in [0.25, 0.3) is 0 Å². The Hall–Kier alpha value is -1.06. The molecule has 0 saturated carbocycles. The van der Waals surface area contributed by atoms with Gasteiger partial charge in [0.2, 0.25) is 6.29 Å². The van der Waals surface area contributed by atoms with Crippen molar-refractivity contribution in [3.8, 4) is 5.75 Å². The molecule has 0 spiro atoms. The van der Waals surface area contributed by atoms with Crippen molar-refractivity contribution in [3.05, 3.63) is 29.8 Å². The lowest BCUT2D eigenvalue weighted by molar-refractivity contribution is -0.0410. The van der Waals surface area contributed by atoms with Gasteiger partial charge in [0.05, 0.1) is 0 Å². The van der Waals surface area contributed by atoms with Gasteiger partial charge in [-0.3, -0.25) is 0 Å². The molecule has 2 rings (SSSR count). The highest BCUT2D eigenvalue weighted by molar-refractivity contribution is 5.28. The average Bonchev–Trinajstić information content (AvgIpc) is 2.71. The van der Waals surface area contributed by atoms with Crippen LogP contribution in [0.1, 0.15) is 25.3 Å². The number of hydrogen-bond donors (Lipinski definition) is 0. The molecule has 0 radical (unpaired) electrons. The van der Waals surface area contributed by atoms with E-state index in [1.807, 2.05) is 12.1 Å². The Kier molecular flexibility index (Phi) is 3.23. The van der Waals surface area contributed by atoms with E-state index < -0.39 is 0 Å². The summed E-state index contributed by atoms with van der Waals surface area (Å²) in [6.07, 6.45) is -0.255. The molecule has 0 aliphatic carbocycles. The number of benzene rings is 1. The first kappa shape index (κ1) is 10.5. The van der Waals surface area contributed by atoms with Crippen LogP contribution >= 0.6 is 0 Å². The summed E-state index contributed by atoms with van der Waals surface area (Å²) in [6.45, 7) is 5.17. The fraction of sp³-hybridized carbons (Fsp3) is 0.500. The van der Waals surface area contributed by atoms with E-state index >= 15 is 0 Å². The van der Waals surface area contributed by atoms with E-state index in [4.69, 9.17) is 14.2 Å². The predicted octanol–water partition coefficient (Wildman–Crippen LogP) is 2.52. The second kappa shape index (κ2) is 4.64. The zero-order valence-corrected chi connectivity index (χ0v) is 9.10. The van der Waals surface area contributed by atoms with Gasteiger partial charge in [0.15, 0.2) is 6.79 Å². The van der Waals surface area contributed by atoms with Crippen LogP contribution in [-0.2, 0) is 9.47 Å². The third kappa shape index (κ3) is 2.70. The molecule has 3 nitrogen and oxygen atoms in total. The van der Waals surface area contributed by atoms with E-state index in [0.717, 1.165) is 5.75 Å². The van der Waals surface area contributed by atoms with Crippen molar-refractivity contribution in [1.82, 2.24) is 0 Å². The molecule has 1 fully saturated rings. The van der Waals surface area contributed by atoms with Crippen LogP contribution in [-0.4, -0.2) is 19.7 Å². The Morgan fingerprint density at radius 1 is 1.27 bits per heavy atom. The van der Waals surface area contributed by atoms with Crippen molar-refractivity contribution < 1.29 is 14.2 Å². The average molecular weight is 208 g/mol. The maximum Gasteiger partial charge on any atom is 0.225 e. The molecule has 1 aromatic carbocycles. The quantitative estimate of drug-likeness (QED) is 0.764. The minimum Gasteiger partial charge on any atom is -0.462 e. The van der Waals surface area contributed by atoms with Gasteiger partial charge >= 0.3 is 0 Å². The zero-order chi connectivity index (χ0) is 10.7. The Labute approximate surface area is 90.0 Å². The van der Waals surface area contributed by atoms with E-state index in [-0.39, 0.29) is 6.29 Å². The van der Waals surface area contributed by atoms with Crippen LogP contribution in [0.4, 0.5) is 0 Å². The second-order valence-corrected chi connectivity index (χ2v) is 3.93. The SMILES string of the molecule is CC(C)c1ccc(OC2COCO2)cc1. The van der Waals surface area contributed by atoms with Gasteiger partial charge in [-0.1, -0.05) is 26.0 Å². The van der Waals surface area contributed by atoms with Crippen molar-refractivity contribution in [3.63, 3.8) is 0 Å². The Bertz CT molecular complexity index is 299. The summed E-state index contributed by atoms with van der Waals surface area (Å²) in [4.78, 5) is 0. The van der Waals surface area contributed by atoms with E-state index in [1.54, 1.807) is 0 Å². The molecular weight excluding hydrogens is 192 g/mol. The van der Waals surface area contributed by atoms with Crippen LogP contribution in [0, 0.1) is 0 Å². The predicted molar refractivity (Wildman–Crippen MR) is 56.9 cm³/mol. The zero-order valence-electron chi connectivity index (χ0n) is 9.10. The normalized spacial score (nSPS) is 20.9. The van der Waals surface area contributed by atoms with Gasteiger partial charge in [0, 0.05) is 0 Å². The molecule has 0 bridgehead atoms. The van der Waals surface area contributed by atoms with Gasteiger partial charge < -0.3 is 14.2 Å². The standard InChI is InChI=1S/C12H16O3/c1-9(2)10-3-5-11(6-4-10)15-12-7-13-8-14-12/h3-6,9,12H,7-8H2,1-2H3. The summed E-state index contributed by atoms with van der Waals surface area (Å²) in [7, 11) is 0. The van der Waals surface area contributed by atoms with Crippen LogP contribution in [0.2, 0.25) is 0 Å². The smallest absolute Gasteiger partial charge is 0.225 e. The topological polar surface area (TPSA) is 27.7 Å². The molecular formula is C12H16O3. The van der Waals surface area contributed by atoms with Crippen LogP contribution in [0.5, 0.6) is 5.75 Å². The summed E-state index contributed by atoms with van der Waals surface area (Å²) in [5, 5.41) is 0. The minimum atomic E-state index is -0.255. The molecule has 1 aliphatic rings. The van der Waals surface area contributed by atoms with Crippen molar-refractivity contribution in [2.45, 2.75) is 26.1 Å². The fourth-order valence-corrected chi connectivity index (χ4v) is 1.47. The second-order valence-electron chi connectivity index (χ2n) is 3.93. The number of hydrogen-bond acceptors (Lipinski definition) is 3. The van der Waals surface area contributed by atoms with Crippen LogP contribution in [0.25, 0.3) is 0 Å². The maximum absolute atomic E-state index is 5.56. The number of rotatable bonds is 3. The molecule has 1 heterocycles. The van der Waals surface area contributed by atoms with Gasteiger partial charge in [0.1, 0.15) is 12.4 Å². The third-order valence-corrected chi connectivity index (χ3v) is 2.41. The van der Waals surface area contributed by atoms with Gasteiger partial charge in [-0.2, -0.15) is 0 Å². The highest BCUT2D eigenvalue weighted by atomic mass is 16.8. The van der Waals surface area contributed by atoms with Crippen molar-refractivity contribution >= 4 is 0 Å². The Balaban J connectivity index is 1.97. The van der Waals surface area contributed by atoms with Crippen molar-refractivity contribution in [2.75, 3.05) is 13.4 Å². The highest BCUT2D eigenvalue weighted by Crippen LogP contribution is 2.20. The van der Waals surface area contributed by atoms with Crippen LogP contribution in [0.3, 0.4) is 0 Å². The summed E-state index contributed by atoms with van der Waals surface area (Å²) in [5.41, 5.74) is 1.31. The first-order valence-corrected chi connectivity index (χ1v) is 5.21. The highest BCUT2D eigenvalue weighted by Gasteiger charge is 2.17. The molecule has 1 atom stereocenters. The van der Waals surface area contributed by atoms with Gasteiger partial charge in [-0.25, -0.2) is 0 Å². The molecule has 1 saturated heterocycles. The molecule has 1 unspecified atom stereocenters. The summed E-state index contributed by atoms with van der Waals surface area (Å²) >= 11 is 0. The summed E-state index contributed by atoms with van der Waals surface area (Å²) < 4.78 is 15.8. The van der Waals surface area contributed by atoms with Crippen LogP contribution < -0.4 is 4.74 Å². The Morgan fingerprint density at radius 3 is 2.53 bits per heavy atom. The first-order chi connectivity index (χ1) is 7.25. The first-order valence-electron chi connectivity index (χ1n) is 5.21.